The summed E-state index contributed by atoms with van der Waals surface area (Å²) in [4.78, 5) is 19.9. The Bertz CT molecular complexity index is 1770. The minimum Gasteiger partial charge on any atom is -0.441 e. The van der Waals surface area contributed by atoms with Crippen LogP contribution in [0.1, 0.15) is 68.4 Å². The first-order valence-electron chi connectivity index (χ1n) is 15.5. The smallest absolute Gasteiger partial charge is 0.227 e. The first kappa shape index (κ1) is 28.5. The van der Waals surface area contributed by atoms with Crippen LogP contribution in [0.4, 0.5) is 10.1 Å². The molecule has 0 N–H and O–H groups in total. The van der Waals surface area contributed by atoms with E-state index in [0.717, 1.165) is 72.0 Å². The number of ether oxygens (including phenoxy) is 1. The number of halogens is 1. The highest BCUT2D eigenvalue weighted by atomic mass is 19.1. The quantitative estimate of drug-likeness (QED) is 0.196. The molecule has 1 aromatic heterocycles. The molecule has 0 atom stereocenters. The average Bonchev–Trinajstić information content (AvgIpc) is 3.77. The molecule has 2 aliphatic carbocycles. The van der Waals surface area contributed by atoms with Crippen molar-refractivity contribution in [3.63, 3.8) is 0 Å². The lowest BCUT2D eigenvalue weighted by atomic mass is 9.64. The van der Waals surface area contributed by atoms with Crippen LogP contribution in [0.5, 0.6) is 0 Å². The monoisotopic (exact) mass is 589 g/mol. The third-order valence-electron chi connectivity index (χ3n) is 10.1. The molecule has 224 valence electrons. The van der Waals surface area contributed by atoms with Gasteiger partial charge in [-0.05, 0) is 85.0 Å². The Labute approximate surface area is 257 Å². The van der Waals surface area contributed by atoms with Gasteiger partial charge >= 0.3 is 0 Å². The van der Waals surface area contributed by atoms with E-state index in [1.54, 1.807) is 0 Å². The average molecular weight is 590 g/mol. The first-order chi connectivity index (χ1) is 21.2. The summed E-state index contributed by atoms with van der Waals surface area (Å²) in [5.41, 5.74) is 5.69. The molecule has 4 aliphatic rings. The summed E-state index contributed by atoms with van der Waals surface area (Å²) in [6, 6.07) is 24.9. The minimum absolute atomic E-state index is 0.00618. The van der Waals surface area contributed by atoms with Crippen LogP contribution in [0.25, 0.3) is 22.2 Å². The highest BCUT2D eigenvalue weighted by Crippen LogP contribution is 2.55. The number of oxazole rings is 1. The molecule has 7 heteroatoms. The largest absolute Gasteiger partial charge is 0.441 e. The molecule has 1 amide bonds. The normalized spacial score (nSPS) is 23.3. The molecule has 8 rings (SSSR count). The van der Waals surface area contributed by atoms with Crippen molar-refractivity contribution in [3.05, 3.63) is 96.2 Å². The van der Waals surface area contributed by atoms with Crippen molar-refractivity contribution in [1.82, 2.24) is 4.98 Å². The van der Waals surface area contributed by atoms with E-state index in [4.69, 9.17) is 9.15 Å². The summed E-state index contributed by atoms with van der Waals surface area (Å²) in [7, 11) is 0. The molecule has 3 heterocycles. The standard InChI is InChI=1S/C37H36FN3O3/c1-25(38)6-13-34(42)41(31-5-3-4-27(20-31)28-7-12-32-33(21-28)44-26(2)40-32)23-35-14-18-37(19-15-35,43-24-35)30-10-8-29(9-11-30)36(22-39)16-17-36/h3-5,7-12,20-21H,1,6,13-19,23-24H2,2H3. The van der Waals surface area contributed by atoms with Crippen molar-refractivity contribution in [2.24, 2.45) is 5.41 Å². The molecular formula is C37H36FN3O3. The van der Waals surface area contributed by atoms with Crippen molar-refractivity contribution in [1.29, 1.82) is 5.26 Å². The Kier molecular flexibility index (Phi) is 6.93. The number of rotatable bonds is 9. The van der Waals surface area contributed by atoms with E-state index < -0.39 is 5.83 Å². The Morgan fingerprint density at radius 3 is 2.36 bits per heavy atom. The maximum Gasteiger partial charge on any atom is 0.227 e. The van der Waals surface area contributed by atoms with E-state index >= 15 is 0 Å². The number of aromatic nitrogens is 1. The molecule has 4 aromatic rings. The van der Waals surface area contributed by atoms with Gasteiger partial charge < -0.3 is 14.1 Å². The zero-order chi connectivity index (χ0) is 30.5. The lowest BCUT2D eigenvalue weighted by Gasteiger charge is -2.54. The Morgan fingerprint density at radius 2 is 1.70 bits per heavy atom. The van der Waals surface area contributed by atoms with Gasteiger partial charge in [-0.15, -0.1) is 0 Å². The molecular weight excluding hydrogens is 553 g/mol. The molecule has 2 saturated heterocycles. The predicted molar refractivity (Wildman–Crippen MR) is 168 cm³/mol. The van der Waals surface area contributed by atoms with Crippen molar-refractivity contribution < 1.29 is 18.3 Å². The van der Waals surface area contributed by atoms with Gasteiger partial charge in [-0.1, -0.05) is 49.0 Å². The maximum atomic E-state index is 13.7. The molecule has 0 spiro atoms. The number of fused-ring (bicyclic) bond motifs is 4. The van der Waals surface area contributed by atoms with Crippen LogP contribution in [0.2, 0.25) is 0 Å². The van der Waals surface area contributed by atoms with Crippen LogP contribution in [-0.2, 0) is 20.5 Å². The number of nitrogens with zero attached hydrogens (tertiary/aromatic N) is 3. The van der Waals surface area contributed by atoms with E-state index in [0.29, 0.717) is 19.0 Å². The lowest BCUT2D eigenvalue weighted by Crippen LogP contribution is -2.54. The lowest BCUT2D eigenvalue weighted by molar-refractivity contribution is -0.186. The SMILES string of the molecule is C=C(F)CCC(=O)N(CC12CCC(c3ccc(C4(C#N)CC4)cc3)(CC1)OC2)c1cccc(-c2ccc3nc(C)oc3c2)c1. The second-order valence-electron chi connectivity index (χ2n) is 13.0. The van der Waals surface area contributed by atoms with Crippen molar-refractivity contribution in [2.75, 3.05) is 18.1 Å². The van der Waals surface area contributed by atoms with Gasteiger partial charge in [-0.2, -0.15) is 5.26 Å². The van der Waals surface area contributed by atoms with E-state index in [2.05, 4.69) is 41.9 Å². The van der Waals surface area contributed by atoms with Crippen LogP contribution in [0.3, 0.4) is 0 Å². The molecule has 2 bridgehead atoms. The molecule has 2 saturated carbocycles. The van der Waals surface area contributed by atoms with Crippen LogP contribution in [0.15, 0.2) is 83.6 Å². The van der Waals surface area contributed by atoms with Gasteiger partial charge in [0.25, 0.3) is 0 Å². The fourth-order valence-electron chi connectivity index (χ4n) is 7.13. The van der Waals surface area contributed by atoms with Gasteiger partial charge in [-0.3, -0.25) is 4.79 Å². The van der Waals surface area contributed by atoms with E-state index in [1.807, 2.05) is 54.3 Å². The third-order valence-corrected chi connectivity index (χ3v) is 10.1. The number of hydrogen-bond donors (Lipinski definition) is 0. The van der Waals surface area contributed by atoms with Gasteiger partial charge in [0.1, 0.15) is 5.52 Å². The molecule has 4 fully saturated rings. The number of amides is 1. The fraction of sp³-hybridized carbons (Fsp3) is 0.378. The summed E-state index contributed by atoms with van der Waals surface area (Å²) in [6.45, 7) is 6.26. The summed E-state index contributed by atoms with van der Waals surface area (Å²) in [6.07, 6.45) is 5.52. The van der Waals surface area contributed by atoms with Crippen LogP contribution >= 0.6 is 0 Å². The second-order valence-corrected chi connectivity index (χ2v) is 13.0. The van der Waals surface area contributed by atoms with Gasteiger partial charge in [0.2, 0.25) is 5.91 Å². The predicted octanol–water partition coefficient (Wildman–Crippen LogP) is 8.44. The number of carbonyl (C=O) groups is 1. The summed E-state index contributed by atoms with van der Waals surface area (Å²) in [5.74, 6) is 0.00378. The highest BCUT2D eigenvalue weighted by molar-refractivity contribution is 5.94. The van der Waals surface area contributed by atoms with Gasteiger partial charge in [0, 0.05) is 37.4 Å². The van der Waals surface area contributed by atoms with Crippen LogP contribution in [-0.4, -0.2) is 24.0 Å². The molecule has 44 heavy (non-hydrogen) atoms. The summed E-state index contributed by atoms with van der Waals surface area (Å²) >= 11 is 0. The minimum atomic E-state index is -0.488. The van der Waals surface area contributed by atoms with E-state index in [1.165, 1.54) is 5.56 Å². The Hall–Kier alpha value is -4.28. The third kappa shape index (κ3) is 5.11. The molecule has 6 nitrogen and oxygen atoms in total. The van der Waals surface area contributed by atoms with E-state index in [9.17, 15) is 14.4 Å². The number of carbonyl (C=O) groups excluding carboxylic acids is 1. The number of allylic oxidation sites excluding steroid dienone is 1. The van der Waals surface area contributed by atoms with Crippen LogP contribution in [0, 0.1) is 23.7 Å². The van der Waals surface area contributed by atoms with Crippen LogP contribution < -0.4 is 4.90 Å². The molecule has 3 aromatic carbocycles. The number of hydrogen-bond acceptors (Lipinski definition) is 5. The number of nitriles is 1. The van der Waals surface area contributed by atoms with Gasteiger partial charge in [0.05, 0.1) is 29.5 Å². The number of anilines is 1. The first-order valence-corrected chi connectivity index (χ1v) is 15.5. The van der Waals surface area contributed by atoms with Crippen molar-refractivity contribution >= 4 is 22.7 Å². The highest BCUT2D eigenvalue weighted by Gasteiger charge is 2.52. The van der Waals surface area contributed by atoms with Crippen molar-refractivity contribution in [3.8, 4) is 17.2 Å². The summed E-state index contributed by atoms with van der Waals surface area (Å²) in [5, 5.41) is 9.59. The van der Waals surface area contributed by atoms with E-state index in [-0.39, 0.29) is 35.2 Å². The number of aryl methyl sites for hydroxylation is 1. The number of benzene rings is 3. The second kappa shape index (κ2) is 10.7. The Morgan fingerprint density at radius 1 is 0.977 bits per heavy atom. The Balaban J connectivity index is 1.13. The topological polar surface area (TPSA) is 79.4 Å². The molecule has 0 unspecified atom stereocenters. The van der Waals surface area contributed by atoms with Gasteiger partial charge in [-0.25, -0.2) is 9.37 Å². The zero-order valence-electron chi connectivity index (χ0n) is 25.1. The fourth-order valence-corrected chi connectivity index (χ4v) is 7.13. The summed E-state index contributed by atoms with van der Waals surface area (Å²) < 4.78 is 26.1. The van der Waals surface area contributed by atoms with Crippen molar-refractivity contribution in [2.45, 2.75) is 69.3 Å². The molecule has 0 radical (unpaired) electrons. The maximum absolute atomic E-state index is 13.7. The molecule has 2 aliphatic heterocycles. The van der Waals surface area contributed by atoms with Gasteiger partial charge in [0.15, 0.2) is 11.5 Å². The zero-order valence-corrected chi connectivity index (χ0v) is 25.1.